The van der Waals surface area contributed by atoms with Gasteiger partial charge in [-0.15, -0.1) is 5.10 Å². The maximum absolute atomic E-state index is 4.23. The molecule has 0 bridgehead atoms. The van der Waals surface area contributed by atoms with E-state index in [9.17, 15) is 0 Å². The average molecular weight is 286 g/mol. The SMILES string of the molecule is CCCNC(Cc1ccccc1C)c1cnnn1CCC. The molecule has 1 atom stereocenters. The van der Waals surface area contributed by atoms with Gasteiger partial charge >= 0.3 is 0 Å². The molecule has 0 spiro atoms. The van der Waals surface area contributed by atoms with Crippen molar-refractivity contribution in [1.29, 1.82) is 0 Å². The van der Waals surface area contributed by atoms with Crippen molar-refractivity contribution in [2.45, 2.75) is 52.6 Å². The van der Waals surface area contributed by atoms with Crippen LogP contribution in [0.2, 0.25) is 0 Å². The van der Waals surface area contributed by atoms with Gasteiger partial charge < -0.3 is 5.32 Å². The summed E-state index contributed by atoms with van der Waals surface area (Å²) >= 11 is 0. The highest BCUT2D eigenvalue weighted by Gasteiger charge is 2.17. The lowest BCUT2D eigenvalue weighted by Crippen LogP contribution is -2.27. The van der Waals surface area contributed by atoms with Crippen LogP contribution in [-0.4, -0.2) is 21.5 Å². The summed E-state index contributed by atoms with van der Waals surface area (Å²) in [7, 11) is 0. The Hall–Kier alpha value is -1.68. The zero-order chi connectivity index (χ0) is 15.1. The van der Waals surface area contributed by atoms with Crippen molar-refractivity contribution >= 4 is 0 Å². The topological polar surface area (TPSA) is 42.7 Å². The predicted molar refractivity (Wildman–Crippen MR) is 86.2 cm³/mol. The molecule has 4 nitrogen and oxygen atoms in total. The molecule has 0 amide bonds. The second kappa shape index (κ2) is 7.93. The summed E-state index contributed by atoms with van der Waals surface area (Å²) in [6.45, 7) is 8.47. The summed E-state index contributed by atoms with van der Waals surface area (Å²) in [6, 6.07) is 8.86. The normalized spacial score (nSPS) is 12.5. The van der Waals surface area contributed by atoms with Crippen LogP contribution >= 0.6 is 0 Å². The molecular weight excluding hydrogens is 260 g/mol. The van der Waals surface area contributed by atoms with Crippen LogP contribution in [-0.2, 0) is 13.0 Å². The number of hydrogen-bond donors (Lipinski definition) is 1. The third-order valence-corrected chi connectivity index (χ3v) is 3.77. The Balaban J connectivity index is 2.21. The van der Waals surface area contributed by atoms with Crippen LogP contribution in [0.5, 0.6) is 0 Å². The molecule has 114 valence electrons. The molecule has 1 unspecified atom stereocenters. The fourth-order valence-corrected chi connectivity index (χ4v) is 2.58. The zero-order valence-electron chi connectivity index (χ0n) is 13.3. The first kappa shape index (κ1) is 15.7. The van der Waals surface area contributed by atoms with Crippen molar-refractivity contribution in [1.82, 2.24) is 20.3 Å². The molecule has 0 fully saturated rings. The molecule has 1 heterocycles. The van der Waals surface area contributed by atoms with Gasteiger partial charge in [0.15, 0.2) is 0 Å². The second-order valence-electron chi connectivity index (χ2n) is 5.52. The zero-order valence-corrected chi connectivity index (χ0v) is 13.3. The van der Waals surface area contributed by atoms with Crippen molar-refractivity contribution in [2.75, 3.05) is 6.54 Å². The highest BCUT2D eigenvalue weighted by atomic mass is 15.4. The van der Waals surface area contributed by atoms with E-state index in [1.54, 1.807) is 0 Å². The van der Waals surface area contributed by atoms with Gasteiger partial charge in [0.2, 0.25) is 0 Å². The lowest BCUT2D eigenvalue weighted by molar-refractivity contribution is 0.464. The van der Waals surface area contributed by atoms with E-state index in [-0.39, 0.29) is 6.04 Å². The molecule has 0 saturated heterocycles. The van der Waals surface area contributed by atoms with Crippen LogP contribution in [0.3, 0.4) is 0 Å². The van der Waals surface area contributed by atoms with E-state index in [4.69, 9.17) is 0 Å². The van der Waals surface area contributed by atoms with E-state index >= 15 is 0 Å². The smallest absolute Gasteiger partial charge is 0.0759 e. The highest BCUT2D eigenvalue weighted by Crippen LogP contribution is 2.20. The first-order valence-corrected chi connectivity index (χ1v) is 7.92. The Labute approximate surface area is 127 Å². The summed E-state index contributed by atoms with van der Waals surface area (Å²) < 4.78 is 2.03. The van der Waals surface area contributed by atoms with Crippen molar-refractivity contribution in [3.05, 3.63) is 47.3 Å². The molecule has 2 aromatic rings. The van der Waals surface area contributed by atoms with Gasteiger partial charge in [-0.2, -0.15) is 0 Å². The maximum atomic E-state index is 4.23. The van der Waals surface area contributed by atoms with Gasteiger partial charge in [-0.3, -0.25) is 0 Å². The predicted octanol–water partition coefficient (Wildman–Crippen LogP) is 3.28. The molecular formula is C17H26N4. The second-order valence-corrected chi connectivity index (χ2v) is 5.52. The first-order valence-electron chi connectivity index (χ1n) is 7.92. The van der Waals surface area contributed by atoms with Crippen LogP contribution in [0.25, 0.3) is 0 Å². The minimum absolute atomic E-state index is 0.271. The van der Waals surface area contributed by atoms with Crippen molar-refractivity contribution < 1.29 is 0 Å². The van der Waals surface area contributed by atoms with Crippen molar-refractivity contribution in [2.24, 2.45) is 0 Å². The van der Waals surface area contributed by atoms with E-state index in [1.807, 2.05) is 10.9 Å². The molecule has 1 aromatic heterocycles. The van der Waals surface area contributed by atoms with E-state index in [0.29, 0.717) is 0 Å². The molecule has 2 rings (SSSR count). The molecule has 1 N–H and O–H groups in total. The van der Waals surface area contributed by atoms with Gasteiger partial charge in [0.05, 0.1) is 17.9 Å². The monoisotopic (exact) mass is 286 g/mol. The van der Waals surface area contributed by atoms with E-state index in [2.05, 4.69) is 60.7 Å². The number of aryl methyl sites for hydroxylation is 2. The lowest BCUT2D eigenvalue weighted by atomic mass is 9.99. The fraction of sp³-hybridized carbons (Fsp3) is 0.529. The number of rotatable bonds is 8. The largest absolute Gasteiger partial charge is 0.308 e. The Bertz CT molecular complexity index is 547. The molecule has 0 radical (unpaired) electrons. The van der Waals surface area contributed by atoms with E-state index in [1.165, 1.54) is 16.8 Å². The number of nitrogens with zero attached hydrogens (tertiary/aromatic N) is 3. The summed E-state index contributed by atoms with van der Waals surface area (Å²) in [5, 5.41) is 12.0. The average Bonchev–Trinajstić information content (AvgIpc) is 2.94. The Morgan fingerprint density at radius 1 is 1.19 bits per heavy atom. The number of benzene rings is 1. The van der Waals surface area contributed by atoms with Crippen LogP contribution in [0.4, 0.5) is 0 Å². The molecule has 1 aromatic carbocycles. The van der Waals surface area contributed by atoms with Gasteiger partial charge in [-0.05, 0) is 43.9 Å². The van der Waals surface area contributed by atoms with Crippen molar-refractivity contribution in [3.63, 3.8) is 0 Å². The van der Waals surface area contributed by atoms with Crippen LogP contribution in [0.15, 0.2) is 30.5 Å². The number of aromatic nitrogens is 3. The summed E-state index contributed by atoms with van der Waals surface area (Å²) in [6.07, 6.45) is 5.08. The van der Waals surface area contributed by atoms with E-state index < -0.39 is 0 Å². The Morgan fingerprint density at radius 2 is 2.00 bits per heavy atom. The lowest BCUT2D eigenvalue weighted by Gasteiger charge is -2.20. The molecule has 0 saturated carbocycles. The highest BCUT2D eigenvalue weighted by molar-refractivity contribution is 5.27. The summed E-state index contributed by atoms with van der Waals surface area (Å²) in [5.41, 5.74) is 3.92. The first-order chi connectivity index (χ1) is 10.3. The fourth-order valence-electron chi connectivity index (χ4n) is 2.58. The number of nitrogens with one attached hydrogen (secondary N) is 1. The Morgan fingerprint density at radius 3 is 2.71 bits per heavy atom. The molecule has 4 heteroatoms. The molecule has 0 aliphatic heterocycles. The standard InChI is InChI=1S/C17H26N4/c1-4-10-18-16(12-15-9-7-6-8-14(15)3)17-13-19-20-21(17)11-5-2/h6-9,13,16,18H,4-5,10-12H2,1-3H3. The third-order valence-electron chi connectivity index (χ3n) is 3.77. The van der Waals surface area contributed by atoms with Crippen molar-refractivity contribution in [3.8, 4) is 0 Å². The maximum Gasteiger partial charge on any atom is 0.0759 e. The van der Waals surface area contributed by atoms with Crippen LogP contribution < -0.4 is 5.32 Å². The molecule has 21 heavy (non-hydrogen) atoms. The Kier molecular flexibility index (Phi) is 5.93. The van der Waals surface area contributed by atoms with Gasteiger partial charge in [0, 0.05) is 6.54 Å². The van der Waals surface area contributed by atoms with Gasteiger partial charge in [-0.1, -0.05) is 43.3 Å². The van der Waals surface area contributed by atoms with Gasteiger partial charge in [0.1, 0.15) is 0 Å². The number of hydrogen-bond acceptors (Lipinski definition) is 3. The minimum atomic E-state index is 0.271. The van der Waals surface area contributed by atoms with Crippen LogP contribution in [0, 0.1) is 6.92 Å². The van der Waals surface area contributed by atoms with Crippen LogP contribution in [0.1, 0.15) is 49.6 Å². The van der Waals surface area contributed by atoms with E-state index in [0.717, 1.165) is 32.4 Å². The van der Waals surface area contributed by atoms with Gasteiger partial charge in [0.25, 0.3) is 0 Å². The summed E-state index contributed by atoms with van der Waals surface area (Å²) in [4.78, 5) is 0. The molecule has 0 aliphatic rings. The molecule has 0 aliphatic carbocycles. The third kappa shape index (κ3) is 4.14. The van der Waals surface area contributed by atoms with Gasteiger partial charge in [-0.25, -0.2) is 4.68 Å². The quantitative estimate of drug-likeness (QED) is 0.810. The summed E-state index contributed by atoms with van der Waals surface area (Å²) in [5.74, 6) is 0. The minimum Gasteiger partial charge on any atom is -0.308 e.